The van der Waals surface area contributed by atoms with Gasteiger partial charge in [-0.2, -0.15) is 4.31 Å². The first-order chi connectivity index (χ1) is 11.4. The van der Waals surface area contributed by atoms with Crippen molar-refractivity contribution in [1.29, 1.82) is 0 Å². The van der Waals surface area contributed by atoms with E-state index in [1.165, 1.54) is 23.4 Å². The van der Waals surface area contributed by atoms with Gasteiger partial charge in [0, 0.05) is 30.6 Å². The van der Waals surface area contributed by atoms with Crippen molar-refractivity contribution in [3.63, 3.8) is 0 Å². The van der Waals surface area contributed by atoms with Gasteiger partial charge < -0.3 is 5.32 Å². The van der Waals surface area contributed by atoms with Crippen LogP contribution in [-0.2, 0) is 14.8 Å². The number of rotatable bonds is 5. The summed E-state index contributed by atoms with van der Waals surface area (Å²) in [6.45, 7) is 2.17. The van der Waals surface area contributed by atoms with Crippen molar-refractivity contribution in [3.05, 3.63) is 29.8 Å². The molecule has 6 nitrogen and oxygen atoms in total. The summed E-state index contributed by atoms with van der Waals surface area (Å²) in [6.07, 6.45) is 3.16. The van der Waals surface area contributed by atoms with Crippen LogP contribution < -0.4 is 5.32 Å². The minimum Gasteiger partial charge on any atom is -0.353 e. The lowest BCUT2D eigenvalue weighted by Crippen LogP contribution is -2.46. The second-order valence-corrected chi connectivity index (χ2v) is 8.48. The number of hydrogen-bond donors (Lipinski definition) is 1. The highest BCUT2D eigenvalue weighted by Crippen LogP contribution is 2.29. The maximum absolute atomic E-state index is 12.7. The van der Waals surface area contributed by atoms with Crippen molar-refractivity contribution < 1.29 is 18.0 Å². The lowest BCUT2D eigenvalue weighted by Gasteiger charge is -2.31. The van der Waals surface area contributed by atoms with Crippen molar-refractivity contribution in [2.24, 2.45) is 5.92 Å². The number of sulfonamides is 1. The fraction of sp³-hybridized carbons (Fsp3) is 0.529. The van der Waals surface area contributed by atoms with E-state index in [0.29, 0.717) is 31.5 Å². The molecule has 0 spiro atoms. The van der Waals surface area contributed by atoms with Gasteiger partial charge in [0.25, 0.3) is 0 Å². The number of piperidine rings is 1. The molecule has 3 rings (SSSR count). The minimum atomic E-state index is -3.61. The molecule has 1 aliphatic heterocycles. The third-order valence-corrected chi connectivity index (χ3v) is 6.52. The molecule has 0 bridgehead atoms. The van der Waals surface area contributed by atoms with Gasteiger partial charge in [0.15, 0.2) is 5.78 Å². The number of ketones is 1. The van der Waals surface area contributed by atoms with Crippen molar-refractivity contribution in [1.82, 2.24) is 9.62 Å². The first-order valence-corrected chi connectivity index (χ1v) is 9.73. The average molecular weight is 350 g/mol. The summed E-state index contributed by atoms with van der Waals surface area (Å²) in [5, 5.41) is 3.01. The molecule has 1 aliphatic carbocycles. The van der Waals surface area contributed by atoms with E-state index in [9.17, 15) is 18.0 Å². The molecule has 1 saturated carbocycles. The Balaban J connectivity index is 1.65. The topological polar surface area (TPSA) is 83.6 Å². The van der Waals surface area contributed by atoms with Gasteiger partial charge in [0.05, 0.1) is 4.90 Å². The largest absolute Gasteiger partial charge is 0.353 e. The Bertz CT molecular complexity index is 748. The second-order valence-electron chi connectivity index (χ2n) is 6.55. The number of hydrogen-bond acceptors (Lipinski definition) is 4. The normalized spacial score (nSPS) is 19.9. The molecule has 130 valence electrons. The number of carbonyl (C=O) groups excluding carboxylic acids is 2. The number of nitrogens with one attached hydrogen (secondary N) is 1. The third kappa shape index (κ3) is 3.67. The number of amides is 1. The molecule has 1 saturated heterocycles. The molecular weight excluding hydrogens is 328 g/mol. The van der Waals surface area contributed by atoms with Gasteiger partial charge in [0.1, 0.15) is 0 Å². The Morgan fingerprint density at radius 1 is 1.12 bits per heavy atom. The second kappa shape index (κ2) is 6.64. The van der Waals surface area contributed by atoms with Gasteiger partial charge in [0.2, 0.25) is 15.9 Å². The number of Topliss-reactive ketones (excluding diaryl/α,β-unsaturated/α-hetero) is 1. The SMILES string of the molecule is CC(=O)c1cccc(S(=O)(=O)N2CCC(NC(=O)C3CC3)CC2)c1. The van der Waals surface area contributed by atoms with Crippen LogP contribution in [0.3, 0.4) is 0 Å². The molecular formula is C17H22N2O4S. The Morgan fingerprint density at radius 3 is 2.38 bits per heavy atom. The van der Waals surface area contributed by atoms with Crippen LogP contribution in [0.2, 0.25) is 0 Å². The zero-order valence-electron chi connectivity index (χ0n) is 13.7. The summed E-state index contributed by atoms with van der Waals surface area (Å²) < 4.78 is 26.9. The molecule has 0 radical (unpaired) electrons. The lowest BCUT2D eigenvalue weighted by atomic mass is 10.1. The van der Waals surface area contributed by atoms with E-state index in [1.807, 2.05) is 0 Å². The predicted octanol–water partition coefficient (Wildman–Crippen LogP) is 1.57. The van der Waals surface area contributed by atoms with Crippen LogP contribution in [0, 0.1) is 5.92 Å². The molecule has 2 fully saturated rings. The fourth-order valence-electron chi connectivity index (χ4n) is 2.93. The highest BCUT2D eigenvalue weighted by atomic mass is 32.2. The Labute approximate surface area is 142 Å². The molecule has 2 aliphatic rings. The Morgan fingerprint density at radius 2 is 1.79 bits per heavy atom. The first kappa shape index (κ1) is 17.1. The molecule has 1 N–H and O–H groups in total. The zero-order valence-corrected chi connectivity index (χ0v) is 14.5. The van der Waals surface area contributed by atoms with Gasteiger partial charge in [-0.25, -0.2) is 8.42 Å². The molecule has 1 amide bonds. The molecule has 1 aromatic carbocycles. The summed E-state index contributed by atoms with van der Waals surface area (Å²) in [4.78, 5) is 23.4. The molecule has 0 unspecified atom stereocenters. The first-order valence-electron chi connectivity index (χ1n) is 8.29. The van der Waals surface area contributed by atoms with Crippen LogP contribution >= 0.6 is 0 Å². The summed E-state index contributed by atoms with van der Waals surface area (Å²) in [7, 11) is -3.61. The zero-order chi connectivity index (χ0) is 17.3. The number of benzene rings is 1. The minimum absolute atomic E-state index is 0.0492. The molecule has 0 atom stereocenters. The molecule has 1 aromatic rings. The molecule has 7 heteroatoms. The summed E-state index contributed by atoms with van der Waals surface area (Å²) in [5.41, 5.74) is 0.391. The standard InChI is InChI=1S/C17H22N2O4S/c1-12(20)14-3-2-4-16(11-14)24(22,23)19-9-7-15(8-10-19)18-17(21)13-5-6-13/h2-4,11,13,15H,5-10H2,1H3,(H,18,21). The van der Waals surface area contributed by atoms with Crippen LogP contribution in [0.25, 0.3) is 0 Å². The number of carbonyl (C=O) groups is 2. The van der Waals surface area contributed by atoms with E-state index in [1.54, 1.807) is 12.1 Å². The van der Waals surface area contributed by atoms with Gasteiger partial charge in [-0.3, -0.25) is 9.59 Å². The summed E-state index contributed by atoms with van der Waals surface area (Å²) >= 11 is 0. The van der Waals surface area contributed by atoms with Gasteiger partial charge in [-0.05, 0) is 44.7 Å². The van der Waals surface area contributed by atoms with Crippen molar-refractivity contribution in [3.8, 4) is 0 Å². The molecule has 0 aromatic heterocycles. The van der Waals surface area contributed by atoms with Gasteiger partial charge >= 0.3 is 0 Å². The van der Waals surface area contributed by atoms with Crippen LogP contribution in [0.15, 0.2) is 29.2 Å². The maximum Gasteiger partial charge on any atom is 0.243 e. The van der Waals surface area contributed by atoms with E-state index < -0.39 is 10.0 Å². The van der Waals surface area contributed by atoms with Crippen LogP contribution in [0.1, 0.15) is 43.0 Å². The van der Waals surface area contributed by atoms with Gasteiger partial charge in [-0.1, -0.05) is 12.1 Å². The van der Waals surface area contributed by atoms with Crippen molar-refractivity contribution >= 4 is 21.7 Å². The van der Waals surface area contributed by atoms with E-state index in [2.05, 4.69) is 5.32 Å². The maximum atomic E-state index is 12.7. The van der Waals surface area contributed by atoms with Crippen LogP contribution in [0.5, 0.6) is 0 Å². The monoisotopic (exact) mass is 350 g/mol. The van der Waals surface area contributed by atoms with Crippen molar-refractivity contribution in [2.45, 2.75) is 43.5 Å². The Hall–Kier alpha value is -1.73. The highest BCUT2D eigenvalue weighted by Gasteiger charge is 2.34. The smallest absolute Gasteiger partial charge is 0.243 e. The average Bonchev–Trinajstić information content (AvgIpc) is 3.40. The highest BCUT2D eigenvalue weighted by molar-refractivity contribution is 7.89. The lowest BCUT2D eigenvalue weighted by molar-refractivity contribution is -0.123. The van der Waals surface area contributed by atoms with E-state index in [-0.39, 0.29) is 28.5 Å². The van der Waals surface area contributed by atoms with E-state index in [4.69, 9.17) is 0 Å². The predicted molar refractivity (Wildman–Crippen MR) is 89.1 cm³/mol. The van der Waals surface area contributed by atoms with E-state index in [0.717, 1.165) is 12.8 Å². The quantitative estimate of drug-likeness (QED) is 0.817. The van der Waals surface area contributed by atoms with Gasteiger partial charge in [-0.15, -0.1) is 0 Å². The third-order valence-electron chi connectivity index (χ3n) is 4.63. The summed E-state index contributed by atoms with van der Waals surface area (Å²) in [5.74, 6) is 0.111. The van der Waals surface area contributed by atoms with E-state index >= 15 is 0 Å². The van der Waals surface area contributed by atoms with Crippen LogP contribution in [0.4, 0.5) is 0 Å². The van der Waals surface area contributed by atoms with Crippen molar-refractivity contribution in [2.75, 3.05) is 13.1 Å². The summed E-state index contributed by atoms with van der Waals surface area (Å²) in [6, 6.07) is 6.20. The molecule has 1 heterocycles. The fourth-order valence-corrected chi connectivity index (χ4v) is 4.45. The molecule has 24 heavy (non-hydrogen) atoms. The number of nitrogens with zero attached hydrogens (tertiary/aromatic N) is 1. The van der Waals surface area contributed by atoms with Crippen LogP contribution in [-0.4, -0.2) is 43.5 Å². The Kier molecular flexibility index (Phi) is 4.73.